The van der Waals surface area contributed by atoms with E-state index in [1.807, 2.05) is 0 Å². The quantitative estimate of drug-likeness (QED) is 0.699. The number of piperazine rings is 1. The maximum atomic E-state index is 11.3. The van der Waals surface area contributed by atoms with Crippen molar-refractivity contribution in [2.45, 2.75) is 32.7 Å². The van der Waals surface area contributed by atoms with E-state index in [9.17, 15) is 4.79 Å². The first-order chi connectivity index (χ1) is 7.01. The number of carbonyl (C=O) groups is 1. The van der Waals surface area contributed by atoms with Crippen molar-refractivity contribution in [1.29, 1.82) is 0 Å². The Bertz CT molecular complexity index is 221. The van der Waals surface area contributed by atoms with Gasteiger partial charge in [-0.05, 0) is 20.3 Å². The summed E-state index contributed by atoms with van der Waals surface area (Å²) >= 11 is 0. The molecule has 88 valence electrons. The van der Waals surface area contributed by atoms with Gasteiger partial charge in [-0.15, -0.1) is 0 Å². The van der Waals surface area contributed by atoms with Crippen molar-refractivity contribution >= 4 is 6.09 Å². The van der Waals surface area contributed by atoms with E-state index in [2.05, 4.69) is 25.7 Å². The molecule has 0 aromatic carbocycles. The van der Waals surface area contributed by atoms with Crippen LogP contribution in [0.15, 0.2) is 0 Å². The highest BCUT2D eigenvalue weighted by molar-refractivity contribution is 5.67. The summed E-state index contributed by atoms with van der Waals surface area (Å²) in [4.78, 5) is 15.5. The Morgan fingerprint density at radius 3 is 2.20 bits per heavy atom. The summed E-state index contributed by atoms with van der Waals surface area (Å²) in [5, 5.41) is 0. The minimum atomic E-state index is -0.205. The van der Waals surface area contributed by atoms with E-state index >= 15 is 0 Å². The van der Waals surface area contributed by atoms with Crippen LogP contribution in [-0.4, -0.2) is 54.7 Å². The van der Waals surface area contributed by atoms with Crippen LogP contribution in [0.3, 0.4) is 0 Å². The number of amides is 1. The van der Waals surface area contributed by atoms with Crippen LogP contribution < -0.4 is 0 Å². The number of hydrogen-bond donors (Lipinski definition) is 0. The molecule has 0 N–H and O–H groups in total. The summed E-state index contributed by atoms with van der Waals surface area (Å²) < 4.78 is 4.71. The monoisotopic (exact) mass is 214 g/mol. The molecule has 1 rings (SSSR count). The molecule has 1 aliphatic rings. The van der Waals surface area contributed by atoms with Gasteiger partial charge in [0.2, 0.25) is 0 Å². The van der Waals surface area contributed by atoms with Crippen LogP contribution in [0.25, 0.3) is 0 Å². The van der Waals surface area contributed by atoms with Crippen LogP contribution in [0, 0.1) is 0 Å². The SMILES string of the molecule is CCC(C)(C)N1CCN(C(=O)OC)CC1. The summed E-state index contributed by atoms with van der Waals surface area (Å²) in [5.41, 5.74) is 0.238. The lowest BCUT2D eigenvalue weighted by Crippen LogP contribution is -2.55. The number of hydrogen-bond acceptors (Lipinski definition) is 3. The van der Waals surface area contributed by atoms with Crippen LogP contribution in [0.1, 0.15) is 27.2 Å². The predicted molar refractivity (Wildman–Crippen MR) is 59.9 cm³/mol. The highest BCUT2D eigenvalue weighted by atomic mass is 16.5. The van der Waals surface area contributed by atoms with Gasteiger partial charge in [0.1, 0.15) is 0 Å². The average Bonchev–Trinajstić information content (AvgIpc) is 2.28. The zero-order valence-corrected chi connectivity index (χ0v) is 10.2. The predicted octanol–water partition coefficient (Wildman–Crippen LogP) is 1.56. The van der Waals surface area contributed by atoms with Crippen molar-refractivity contribution in [3.63, 3.8) is 0 Å². The van der Waals surface area contributed by atoms with E-state index in [0.717, 1.165) is 32.6 Å². The van der Waals surface area contributed by atoms with Crippen molar-refractivity contribution in [3.05, 3.63) is 0 Å². The summed E-state index contributed by atoms with van der Waals surface area (Å²) in [6.45, 7) is 10.1. The Labute approximate surface area is 92.2 Å². The molecule has 0 spiro atoms. The van der Waals surface area contributed by atoms with E-state index in [4.69, 9.17) is 4.74 Å². The summed E-state index contributed by atoms with van der Waals surface area (Å²) in [5.74, 6) is 0. The van der Waals surface area contributed by atoms with Gasteiger partial charge in [-0.1, -0.05) is 6.92 Å². The standard InChI is InChI=1S/C11H22N2O2/c1-5-11(2,3)13-8-6-12(7-9-13)10(14)15-4/h5-9H2,1-4H3. The fourth-order valence-corrected chi connectivity index (χ4v) is 1.85. The van der Waals surface area contributed by atoms with Crippen molar-refractivity contribution < 1.29 is 9.53 Å². The Morgan fingerprint density at radius 1 is 1.27 bits per heavy atom. The Hall–Kier alpha value is -0.770. The normalized spacial score (nSPS) is 19.1. The molecule has 0 unspecified atom stereocenters. The average molecular weight is 214 g/mol. The molecule has 0 saturated carbocycles. The molecule has 4 heteroatoms. The molecule has 0 aromatic heterocycles. The van der Waals surface area contributed by atoms with Gasteiger partial charge in [0, 0.05) is 31.7 Å². The molecule has 1 amide bonds. The van der Waals surface area contributed by atoms with Crippen molar-refractivity contribution in [2.75, 3.05) is 33.3 Å². The topological polar surface area (TPSA) is 32.8 Å². The smallest absolute Gasteiger partial charge is 0.409 e. The van der Waals surface area contributed by atoms with E-state index < -0.39 is 0 Å². The molecule has 4 nitrogen and oxygen atoms in total. The number of nitrogens with zero attached hydrogens (tertiary/aromatic N) is 2. The second-order valence-electron chi connectivity index (χ2n) is 4.61. The number of rotatable bonds is 2. The van der Waals surface area contributed by atoms with Gasteiger partial charge in [0.15, 0.2) is 0 Å². The maximum Gasteiger partial charge on any atom is 0.409 e. The molecular weight excluding hydrogens is 192 g/mol. The highest BCUT2D eigenvalue weighted by Gasteiger charge is 2.29. The van der Waals surface area contributed by atoms with Crippen LogP contribution in [0.5, 0.6) is 0 Å². The first-order valence-corrected chi connectivity index (χ1v) is 5.59. The zero-order chi connectivity index (χ0) is 11.5. The molecule has 1 heterocycles. The Balaban J connectivity index is 2.46. The van der Waals surface area contributed by atoms with Gasteiger partial charge in [-0.2, -0.15) is 0 Å². The lowest BCUT2D eigenvalue weighted by atomic mass is 9.98. The van der Waals surface area contributed by atoms with Crippen LogP contribution in [-0.2, 0) is 4.74 Å². The van der Waals surface area contributed by atoms with E-state index in [0.29, 0.717) is 0 Å². The molecule has 1 saturated heterocycles. The summed E-state index contributed by atoms with van der Waals surface area (Å²) in [6.07, 6.45) is 0.926. The first-order valence-electron chi connectivity index (χ1n) is 5.59. The van der Waals surface area contributed by atoms with Gasteiger partial charge in [0.25, 0.3) is 0 Å². The molecule has 0 radical (unpaired) electrons. The van der Waals surface area contributed by atoms with Gasteiger partial charge in [-0.3, -0.25) is 4.90 Å². The summed E-state index contributed by atoms with van der Waals surface area (Å²) in [7, 11) is 1.44. The number of methoxy groups -OCH3 is 1. The van der Waals surface area contributed by atoms with Crippen molar-refractivity contribution in [2.24, 2.45) is 0 Å². The largest absolute Gasteiger partial charge is 0.453 e. The molecular formula is C11H22N2O2. The first kappa shape index (κ1) is 12.3. The molecule has 0 aliphatic carbocycles. The van der Waals surface area contributed by atoms with Crippen molar-refractivity contribution in [3.8, 4) is 0 Å². The highest BCUT2D eigenvalue weighted by Crippen LogP contribution is 2.20. The zero-order valence-electron chi connectivity index (χ0n) is 10.2. The molecule has 0 bridgehead atoms. The minimum absolute atomic E-state index is 0.205. The van der Waals surface area contributed by atoms with Crippen LogP contribution >= 0.6 is 0 Å². The Morgan fingerprint density at radius 2 is 1.80 bits per heavy atom. The van der Waals surface area contributed by atoms with E-state index in [-0.39, 0.29) is 11.6 Å². The van der Waals surface area contributed by atoms with Gasteiger partial charge in [0.05, 0.1) is 7.11 Å². The lowest BCUT2D eigenvalue weighted by molar-refractivity contribution is 0.0442. The fourth-order valence-electron chi connectivity index (χ4n) is 1.85. The maximum absolute atomic E-state index is 11.3. The number of carbonyl (C=O) groups excluding carboxylic acids is 1. The third-order valence-electron chi connectivity index (χ3n) is 3.43. The third kappa shape index (κ3) is 2.84. The van der Waals surface area contributed by atoms with Crippen LogP contribution in [0.4, 0.5) is 4.79 Å². The van der Waals surface area contributed by atoms with Gasteiger partial charge < -0.3 is 9.64 Å². The molecule has 0 aromatic rings. The minimum Gasteiger partial charge on any atom is -0.453 e. The Kier molecular flexibility index (Phi) is 3.97. The molecule has 1 aliphatic heterocycles. The molecule has 1 fully saturated rings. The van der Waals surface area contributed by atoms with Gasteiger partial charge in [-0.25, -0.2) is 4.79 Å². The van der Waals surface area contributed by atoms with E-state index in [1.54, 1.807) is 4.90 Å². The number of ether oxygens (including phenoxy) is 1. The summed E-state index contributed by atoms with van der Waals surface area (Å²) in [6, 6.07) is 0. The van der Waals surface area contributed by atoms with Gasteiger partial charge >= 0.3 is 6.09 Å². The lowest BCUT2D eigenvalue weighted by Gasteiger charge is -2.43. The second kappa shape index (κ2) is 4.84. The molecule has 0 atom stereocenters. The van der Waals surface area contributed by atoms with Crippen LogP contribution in [0.2, 0.25) is 0 Å². The van der Waals surface area contributed by atoms with Crippen molar-refractivity contribution in [1.82, 2.24) is 9.80 Å². The fraction of sp³-hybridized carbons (Fsp3) is 0.909. The van der Waals surface area contributed by atoms with E-state index in [1.165, 1.54) is 7.11 Å². The molecule has 15 heavy (non-hydrogen) atoms. The second-order valence-corrected chi connectivity index (χ2v) is 4.61. The third-order valence-corrected chi connectivity index (χ3v) is 3.43.